The molecule has 0 spiro atoms. The maximum absolute atomic E-state index is 10.6. The number of rotatable bonds is 3. The molecule has 86 valence electrons. The zero-order valence-electron chi connectivity index (χ0n) is 10.5. The molecule has 1 aromatic rings. The number of carbonyl (C=O) groups excluding carboxylic acids is 2. The van der Waals surface area contributed by atoms with Gasteiger partial charge in [0.15, 0.2) is 0 Å². The molecular weight excluding hydrogens is 357 g/mol. The Labute approximate surface area is 236 Å². The first kappa shape index (κ1) is 26.9. The van der Waals surface area contributed by atoms with E-state index in [4.69, 9.17) is 0 Å². The molecule has 0 unspecified atom stereocenters. The summed E-state index contributed by atoms with van der Waals surface area (Å²) < 4.78 is 31.9. The molecule has 0 aliphatic carbocycles. The van der Waals surface area contributed by atoms with E-state index in [9.17, 15) is 32.8 Å². The van der Waals surface area contributed by atoms with E-state index in [1.165, 1.54) is 0 Å². The molecule has 0 aromatic heterocycles. The molecule has 0 radical (unpaired) electrons. The van der Waals surface area contributed by atoms with Crippen molar-refractivity contribution in [1.82, 2.24) is 0 Å². The van der Waals surface area contributed by atoms with E-state index in [1.54, 1.807) is 0 Å². The molecule has 11 heteroatoms. The van der Waals surface area contributed by atoms with Gasteiger partial charge in [-0.3, -0.25) is 0 Å². The summed E-state index contributed by atoms with van der Waals surface area (Å²) in [7, 11) is -5.01. The Balaban J connectivity index is -0.000000853. The number of carboxylic acid groups (broad SMARTS) is 2. The summed E-state index contributed by atoms with van der Waals surface area (Å²) in [4.78, 5) is 19.9. The Hall–Kier alpha value is 2.98. The van der Waals surface area contributed by atoms with Crippen LogP contribution in [0.25, 0.3) is 0 Å². The number of hydrogen-bond acceptors (Lipinski definition) is 7. The van der Waals surface area contributed by atoms with E-state index < -0.39 is 38.1 Å². The van der Waals surface area contributed by atoms with Gasteiger partial charge in [0, 0.05) is 5.56 Å². The van der Waals surface area contributed by atoms with Crippen molar-refractivity contribution < 1.29 is 187 Å². The quantitative estimate of drug-likeness (QED) is 0.385. The fraction of sp³-hybridized carbons (Fsp3) is 0. The van der Waals surface area contributed by atoms with Crippen LogP contribution in [0.1, 0.15) is 20.7 Å². The molecule has 0 N–H and O–H groups in total. The molecule has 0 atom stereocenters. The van der Waals surface area contributed by atoms with Crippen LogP contribution in [-0.2, 0) is 10.1 Å². The molecular formula is C8H3K3O7S. The van der Waals surface area contributed by atoms with Crippen LogP contribution in [0.2, 0.25) is 0 Å². The number of carbonyl (C=O) groups is 2. The van der Waals surface area contributed by atoms with E-state index >= 15 is 0 Å². The van der Waals surface area contributed by atoms with Gasteiger partial charge >= 0.3 is 154 Å². The number of hydrogen-bond donors (Lipinski definition) is 0. The zero-order valence-corrected chi connectivity index (χ0v) is 20.7. The van der Waals surface area contributed by atoms with Crippen LogP contribution >= 0.6 is 0 Å². The minimum atomic E-state index is -5.01. The van der Waals surface area contributed by atoms with Gasteiger partial charge in [0.2, 0.25) is 0 Å². The molecule has 0 fully saturated rings. The molecule has 19 heavy (non-hydrogen) atoms. The summed E-state index contributed by atoms with van der Waals surface area (Å²) in [5.74, 6) is -3.66. The van der Waals surface area contributed by atoms with E-state index in [2.05, 4.69) is 0 Å². The van der Waals surface area contributed by atoms with Crippen LogP contribution in [0, 0.1) is 0 Å². The van der Waals surface area contributed by atoms with Crippen molar-refractivity contribution >= 4 is 22.1 Å². The second kappa shape index (κ2) is 11.5. The largest absolute Gasteiger partial charge is 1.00 e. The van der Waals surface area contributed by atoms with Gasteiger partial charge < -0.3 is 24.4 Å². The second-order valence-electron chi connectivity index (χ2n) is 2.74. The monoisotopic (exact) mass is 360 g/mol. The summed E-state index contributed by atoms with van der Waals surface area (Å²) in [6.07, 6.45) is 0. The number of carboxylic acids is 2. The standard InChI is InChI=1S/C8H6O7S.3K/c9-7(10)4-1-2-6(16(13,14)15)5(3-4)8(11)12;;;/h1-3H,(H,9,10)(H,11,12)(H,13,14,15);;;/q;3*+1/p-3. The predicted octanol–water partition coefficient (Wildman–Crippen LogP) is -11.7. The Morgan fingerprint density at radius 2 is 1.42 bits per heavy atom. The van der Waals surface area contributed by atoms with Gasteiger partial charge in [-0.05, 0) is 17.7 Å². The number of benzene rings is 1. The third kappa shape index (κ3) is 8.41. The minimum Gasteiger partial charge on any atom is -0.744 e. The molecule has 0 bridgehead atoms. The first-order valence-corrected chi connectivity index (χ1v) is 5.17. The number of aromatic carboxylic acids is 2. The molecule has 0 aliphatic rings. The summed E-state index contributed by atoms with van der Waals surface area (Å²) in [6, 6.07) is 1.83. The average Bonchev–Trinajstić information content (AvgIpc) is 2.15. The topological polar surface area (TPSA) is 137 Å². The fourth-order valence-corrected chi connectivity index (χ4v) is 1.68. The van der Waals surface area contributed by atoms with E-state index in [-0.39, 0.29) is 154 Å². The van der Waals surface area contributed by atoms with Crippen molar-refractivity contribution in [1.29, 1.82) is 0 Å². The maximum Gasteiger partial charge on any atom is 1.00 e. The molecule has 0 heterocycles. The van der Waals surface area contributed by atoms with Crippen molar-refractivity contribution in [2.45, 2.75) is 4.90 Å². The van der Waals surface area contributed by atoms with Crippen LogP contribution in [0.3, 0.4) is 0 Å². The molecule has 7 nitrogen and oxygen atoms in total. The average molecular weight is 360 g/mol. The Bertz CT molecular complexity index is 570. The molecule has 0 saturated carbocycles. The Morgan fingerprint density at radius 1 is 0.947 bits per heavy atom. The molecule has 0 amide bonds. The maximum atomic E-state index is 10.6. The van der Waals surface area contributed by atoms with Gasteiger partial charge in [0.05, 0.1) is 16.8 Å². The van der Waals surface area contributed by atoms with Gasteiger partial charge in [-0.1, -0.05) is 6.07 Å². The van der Waals surface area contributed by atoms with Crippen LogP contribution in [0.15, 0.2) is 23.1 Å². The first-order valence-electron chi connectivity index (χ1n) is 3.76. The molecule has 1 aromatic carbocycles. The van der Waals surface area contributed by atoms with Crippen LogP contribution in [-0.4, -0.2) is 24.9 Å². The SMILES string of the molecule is O=C([O-])c1ccc(S(=O)(=O)[O-])c(C(=O)[O-])c1.[K+].[K+].[K+]. The van der Waals surface area contributed by atoms with Crippen molar-refractivity contribution in [2.24, 2.45) is 0 Å². The Kier molecular flexibility index (Phi) is 16.3. The summed E-state index contributed by atoms with van der Waals surface area (Å²) in [6.45, 7) is 0. The minimum absolute atomic E-state index is 0. The van der Waals surface area contributed by atoms with Crippen LogP contribution < -0.4 is 164 Å². The molecule has 0 aliphatic heterocycles. The van der Waals surface area contributed by atoms with Crippen molar-refractivity contribution in [3.8, 4) is 0 Å². The van der Waals surface area contributed by atoms with Crippen molar-refractivity contribution in [3.05, 3.63) is 29.3 Å². The predicted molar refractivity (Wildman–Crippen MR) is 43.1 cm³/mol. The normalized spacial score (nSPS) is 9.32. The van der Waals surface area contributed by atoms with Gasteiger partial charge in [-0.25, -0.2) is 8.42 Å². The zero-order chi connectivity index (χ0) is 12.5. The third-order valence-corrected chi connectivity index (χ3v) is 2.60. The van der Waals surface area contributed by atoms with Crippen molar-refractivity contribution in [3.63, 3.8) is 0 Å². The summed E-state index contributed by atoms with van der Waals surface area (Å²) >= 11 is 0. The molecule has 1 rings (SSSR count). The smallest absolute Gasteiger partial charge is 0.744 e. The van der Waals surface area contributed by atoms with E-state index in [1.807, 2.05) is 0 Å². The van der Waals surface area contributed by atoms with Crippen LogP contribution in [0.5, 0.6) is 0 Å². The van der Waals surface area contributed by atoms with Crippen molar-refractivity contribution in [2.75, 3.05) is 0 Å². The van der Waals surface area contributed by atoms with E-state index in [0.717, 1.165) is 6.07 Å². The van der Waals surface area contributed by atoms with Crippen LogP contribution in [0.4, 0.5) is 0 Å². The summed E-state index contributed by atoms with van der Waals surface area (Å²) in [5.41, 5.74) is -1.57. The third-order valence-electron chi connectivity index (χ3n) is 1.70. The van der Waals surface area contributed by atoms with Gasteiger partial charge in [-0.2, -0.15) is 0 Å². The summed E-state index contributed by atoms with van der Waals surface area (Å²) in [5, 5.41) is 20.9. The second-order valence-corrected chi connectivity index (χ2v) is 4.09. The van der Waals surface area contributed by atoms with E-state index in [0.29, 0.717) is 12.1 Å². The Morgan fingerprint density at radius 3 is 1.74 bits per heavy atom. The van der Waals surface area contributed by atoms with Gasteiger partial charge in [-0.15, -0.1) is 0 Å². The van der Waals surface area contributed by atoms with Gasteiger partial charge in [0.25, 0.3) is 0 Å². The first-order chi connectivity index (χ1) is 7.23. The van der Waals surface area contributed by atoms with Gasteiger partial charge in [0.1, 0.15) is 10.1 Å². The fourth-order valence-electron chi connectivity index (χ4n) is 1.03. The molecule has 0 saturated heterocycles.